The van der Waals surface area contributed by atoms with E-state index in [0.29, 0.717) is 11.8 Å². The van der Waals surface area contributed by atoms with Gasteiger partial charge in [0.2, 0.25) is 0 Å². The van der Waals surface area contributed by atoms with Crippen LogP contribution in [-0.4, -0.2) is 11.8 Å². The zero-order chi connectivity index (χ0) is 13.7. The van der Waals surface area contributed by atoms with Crippen LogP contribution in [0.2, 0.25) is 0 Å². The van der Waals surface area contributed by atoms with Gasteiger partial charge in [-0.3, -0.25) is 0 Å². The molecule has 0 saturated heterocycles. The number of alkyl halides is 2. The third kappa shape index (κ3) is 3.32. The summed E-state index contributed by atoms with van der Waals surface area (Å²) in [6.07, 6.45) is 0.865. The van der Waals surface area contributed by atoms with Gasteiger partial charge in [-0.1, -0.05) is 60.2 Å². The monoisotopic (exact) mass is 292 g/mol. The van der Waals surface area contributed by atoms with Gasteiger partial charge in [0.1, 0.15) is 0 Å². The van der Waals surface area contributed by atoms with Crippen molar-refractivity contribution in [3.8, 4) is 0 Å². The van der Waals surface area contributed by atoms with Crippen LogP contribution in [0.4, 0.5) is 0 Å². The zero-order valence-corrected chi connectivity index (χ0v) is 12.6. The maximum absolute atomic E-state index is 6.26. The van der Waals surface area contributed by atoms with E-state index in [1.54, 1.807) is 0 Å². The summed E-state index contributed by atoms with van der Waals surface area (Å²) in [6.45, 7) is 2.09. The molecule has 0 N–H and O–H groups in total. The molecule has 0 aliphatic rings. The van der Waals surface area contributed by atoms with Crippen molar-refractivity contribution < 1.29 is 0 Å². The molecule has 2 aromatic rings. The first kappa shape index (κ1) is 14.4. The second-order valence-electron chi connectivity index (χ2n) is 5.08. The quantitative estimate of drug-likeness (QED) is 0.684. The van der Waals surface area contributed by atoms with Crippen molar-refractivity contribution in [1.82, 2.24) is 0 Å². The van der Waals surface area contributed by atoms with Gasteiger partial charge in [0.15, 0.2) is 0 Å². The number of benzene rings is 2. The number of hydrogen-bond acceptors (Lipinski definition) is 0. The molecule has 0 nitrogen and oxygen atoms in total. The van der Waals surface area contributed by atoms with Crippen LogP contribution < -0.4 is 0 Å². The van der Waals surface area contributed by atoms with E-state index in [-0.39, 0.29) is 5.41 Å². The first-order chi connectivity index (χ1) is 9.20. The van der Waals surface area contributed by atoms with Crippen LogP contribution in [-0.2, 0) is 11.8 Å². The van der Waals surface area contributed by atoms with Crippen LogP contribution in [0, 0.1) is 6.92 Å². The maximum atomic E-state index is 6.26. The Morgan fingerprint density at radius 1 is 0.842 bits per heavy atom. The Bertz CT molecular complexity index is 499. The van der Waals surface area contributed by atoms with Crippen LogP contribution in [0.3, 0.4) is 0 Å². The molecule has 2 aromatic carbocycles. The molecule has 100 valence electrons. The van der Waals surface area contributed by atoms with Gasteiger partial charge in [0, 0.05) is 17.2 Å². The third-order valence-corrected chi connectivity index (χ3v) is 4.58. The number of aryl methyl sites for hydroxylation is 1. The highest BCUT2D eigenvalue weighted by Crippen LogP contribution is 2.31. The lowest BCUT2D eigenvalue weighted by Crippen LogP contribution is -2.33. The van der Waals surface area contributed by atoms with Gasteiger partial charge in [-0.15, -0.1) is 23.2 Å². The van der Waals surface area contributed by atoms with Gasteiger partial charge in [-0.25, -0.2) is 0 Å². The van der Waals surface area contributed by atoms with E-state index in [2.05, 4.69) is 55.5 Å². The summed E-state index contributed by atoms with van der Waals surface area (Å²) in [6, 6.07) is 18.9. The average Bonchev–Trinajstić information content (AvgIpc) is 2.47. The molecule has 0 saturated carbocycles. The molecule has 0 radical (unpaired) electrons. The van der Waals surface area contributed by atoms with Gasteiger partial charge < -0.3 is 0 Å². The Hall–Kier alpha value is -0.980. The molecule has 0 fully saturated rings. The first-order valence-corrected chi connectivity index (χ1v) is 7.50. The van der Waals surface area contributed by atoms with Crippen molar-refractivity contribution in [3.63, 3.8) is 0 Å². The Labute approximate surface area is 125 Å². The van der Waals surface area contributed by atoms with Gasteiger partial charge in [0.25, 0.3) is 0 Å². The highest BCUT2D eigenvalue weighted by molar-refractivity contribution is 6.22. The minimum Gasteiger partial charge on any atom is -0.126 e. The molecule has 0 spiro atoms. The molecule has 0 aliphatic carbocycles. The van der Waals surface area contributed by atoms with E-state index in [0.717, 1.165) is 6.42 Å². The van der Waals surface area contributed by atoms with Crippen LogP contribution in [0.5, 0.6) is 0 Å². The third-order valence-electron chi connectivity index (χ3n) is 3.56. The number of halogens is 2. The highest BCUT2D eigenvalue weighted by Gasteiger charge is 2.30. The fourth-order valence-electron chi connectivity index (χ4n) is 2.28. The summed E-state index contributed by atoms with van der Waals surface area (Å²) < 4.78 is 0. The van der Waals surface area contributed by atoms with Crippen LogP contribution in [0.25, 0.3) is 0 Å². The van der Waals surface area contributed by atoms with Crippen molar-refractivity contribution in [3.05, 3.63) is 71.3 Å². The van der Waals surface area contributed by atoms with E-state index in [1.165, 1.54) is 16.7 Å². The van der Waals surface area contributed by atoms with Gasteiger partial charge in [-0.05, 0) is 24.5 Å². The second kappa shape index (κ2) is 6.45. The van der Waals surface area contributed by atoms with Crippen molar-refractivity contribution in [2.75, 3.05) is 11.8 Å². The standard InChI is InChI=1S/C17H18Cl2/c1-14-7-9-16(10-8-14)17(12-18,13-19)11-15-5-3-2-4-6-15/h2-10H,11-13H2,1H3. The van der Waals surface area contributed by atoms with E-state index >= 15 is 0 Å². The molecule has 19 heavy (non-hydrogen) atoms. The smallest absolute Gasteiger partial charge is 0.0335 e. The molecule has 0 heterocycles. The summed E-state index contributed by atoms with van der Waals surface area (Å²) in [5, 5.41) is 0. The normalized spacial score (nSPS) is 11.5. The van der Waals surface area contributed by atoms with E-state index in [4.69, 9.17) is 23.2 Å². The molecule has 2 heteroatoms. The summed E-state index contributed by atoms with van der Waals surface area (Å²) in [7, 11) is 0. The largest absolute Gasteiger partial charge is 0.126 e. The lowest BCUT2D eigenvalue weighted by molar-refractivity contribution is 0.536. The predicted molar refractivity (Wildman–Crippen MR) is 84.4 cm³/mol. The minimum absolute atomic E-state index is 0.196. The summed E-state index contributed by atoms with van der Waals surface area (Å²) in [5.74, 6) is 1.04. The predicted octanol–water partition coefficient (Wildman–Crippen LogP) is 4.95. The Kier molecular flexibility index (Phi) is 4.90. The van der Waals surface area contributed by atoms with E-state index in [1.807, 2.05) is 6.07 Å². The Balaban J connectivity index is 2.34. The average molecular weight is 293 g/mol. The Morgan fingerprint density at radius 3 is 1.95 bits per heavy atom. The molecular formula is C17H18Cl2. The fraction of sp³-hybridized carbons (Fsp3) is 0.294. The topological polar surface area (TPSA) is 0 Å². The molecule has 0 bridgehead atoms. The van der Waals surface area contributed by atoms with Gasteiger partial charge in [0.05, 0.1) is 0 Å². The molecule has 0 aliphatic heterocycles. The van der Waals surface area contributed by atoms with Crippen LogP contribution in [0.1, 0.15) is 16.7 Å². The van der Waals surface area contributed by atoms with Crippen molar-refractivity contribution in [2.45, 2.75) is 18.8 Å². The Morgan fingerprint density at radius 2 is 1.42 bits per heavy atom. The molecule has 0 unspecified atom stereocenters. The SMILES string of the molecule is Cc1ccc(C(CCl)(CCl)Cc2ccccc2)cc1. The highest BCUT2D eigenvalue weighted by atomic mass is 35.5. The summed E-state index contributed by atoms with van der Waals surface area (Å²) >= 11 is 12.5. The number of hydrogen-bond donors (Lipinski definition) is 0. The van der Waals surface area contributed by atoms with E-state index in [9.17, 15) is 0 Å². The van der Waals surface area contributed by atoms with E-state index < -0.39 is 0 Å². The first-order valence-electron chi connectivity index (χ1n) is 6.43. The van der Waals surface area contributed by atoms with Gasteiger partial charge >= 0.3 is 0 Å². The summed E-state index contributed by atoms with van der Waals surface area (Å²) in [5.41, 5.74) is 3.54. The number of rotatable bonds is 5. The molecule has 0 amide bonds. The van der Waals surface area contributed by atoms with Crippen molar-refractivity contribution in [1.29, 1.82) is 0 Å². The molecule has 2 rings (SSSR count). The zero-order valence-electron chi connectivity index (χ0n) is 11.1. The second-order valence-corrected chi connectivity index (χ2v) is 5.61. The molecule has 0 aromatic heterocycles. The molecular weight excluding hydrogens is 275 g/mol. The molecule has 0 atom stereocenters. The lowest BCUT2D eigenvalue weighted by Gasteiger charge is -2.30. The lowest BCUT2D eigenvalue weighted by atomic mass is 9.78. The fourth-order valence-corrected chi connectivity index (χ4v) is 3.06. The van der Waals surface area contributed by atoms with Crippen molar-refractivity contribution in [2.24, 2.45) is 0 Å². The van der Waals surface area contributed by atoms with Crippen LogP contribution in [0.15, 0.2) is 54.6 Å². The minimum atomic E-state index is -0.196. The van der Waals surface area contributed by atoms with Crippen LogP contribution >= 0.6 is 23.2 Å². The summed E-state index contributed by atoms with van der Waals surface area (Å²) in [4.78, 5) is 0. The van der Waals surface area contributed by atoms with Crippen molar-refractivity contribution >= 4 is 23.2 Å². The maximum Gasteiger partial charge on any atom is 0.0335 e. The van der Waals surface area contributed by atoms with Gasteiger partial charge in [-0.2, -0.15) is 0 Å².